The van der Waals surface area contributed by atoms with Crippen molar-refractivity contribution < 1.29 is 45.4 Å². The van der Waals surface area contributed by atoms with E-state index in [0.717, 1.165) is 32.1 Å². The van der Waals surface area contributed by atoms with Gasteiger partial charge in [0.15, 0.2) is 6.10 Å². The molecule has 168 valence electrons. The fourth-order valence-electron chi connectivity index (χ4n) is 6.13. The van der Waals surface area contributed by atoms with Gasteiger partial charge in [-0.25, -0.2) is 9.18 Å². The molecule has 0 spiro atoms. The fraction of sp³-hybridized carbons (Fsp3) is 0.947. The summed E-state index contributed by atoms with van der Waals surface area (Å²) in [6.45, 7) is 3.57. The zero-order chi connectivity index (χ0) is 22.0. The molecule has 4 aliphatic rings. The van der Waals surface area contributed by atoms with Gasteiger partial charge in [0.05, 0.1) is 0 Å². The number of ether oxygens (including phenoxy) is 1. The van der Waals surface area contributed by atoms with E-state index >= 15 is 0 Å². The van der Waals surface area contributed by atoms with Crippen LogP contribution in [0.15, 0.2) is 0 Å². The van der Waals surface area contributed by atoms with Crippen LogP contribution in [0.2, 0.25) is 0 Å². The molecular weight excluding hydrogens is 409 g/mol. The third-order valence-electron chi connectivity index (χ3n) is 7.24. The van der Waals surface area contributed by atoms with Crippen LogP contribution < -0.4 is 0 Å². The highest BCUT2D eigenvalue weighted by Gasteiger charge is 2.73. The molecule has 0 aliphatic heterocycles. The number of alkyl halides is 7. The zero-order valence-corrected chi connectivity index (χ0v) is 16.1. The highest BCUT2D eigenvalue weighted by atomic mass is 19.4. The van der Waals surface area contributed by atoms with Gasteiger partial charge in [-0.15, -0.1) is 0 Å². The number of aliphatic hydroxyl groups excluding tert-OH is 1. The molecule has 3 nitrogen and oxygen atoms in total. The van der Waals surface area contributed by atoms with Gasteiger partial charge in [0.25, 0.3) is 0 Å². The molecule has 1 atom stereocenters. The second kappa shape index (κ2) is 6.99. The van der Waals surface area contributed by atoms with E-state index in [4.69, 9.17) is 4.74 Å². The summed E-state index contributed by atoms with van der Waals surface area (Å²) in [6, 6.07) is 0. The Labute approximate surface area is 164 Å². The molecule has 4 bridgehead atoms. The number of rotatable bonds is 5. The molecule has 0 radical (unpaired) electrons. The highest BCUT2D eigenvalue weighted by Crippen LogP contribution is 2.62. The topological polar surface area (TPSA) is 46.5 Å². The number of esters is 1. The Balaban J connectivity index is 1.81. The van der Waals surface area contributed by atoms with Crippen LogP contribution in [0.3, 0.4) is 0 Å². The number of hydrogen-bond donors (Lipinski definition) is 1. The second-order valence-electron chi connectivity index (χ2n) is 9.25. The fourth-order valence-corrected chi connectivity index (χ4v) is 6.13. The number of aliphatic hydroxyl groups is 1. The molecule has 0 aromatic carbocycles. The van der Waals surface area contributed by atoms with Gasteiger partial charge in [-0.05, 0) is 61.7 Å². The van der Waals surface area contributed by atoms with Crippen molar-refractivity contribution >= 4 is 5.97 Å². The van der Waals surface area contributed by atoms with Gasteiger partial charge < -0.3 is 9.84 Å². The van der Waals surface area contributed by atoms with Gasteiger partial charge >= 0.3 is 24.0 Å². The molecule has 0 amide bonds. The van der Waals surface area contributed by atoms with Crippen LogP contribution in [0.5, 0.6) is 0 Å². The lowest BCUT2D eigenvalue weighted by Gasteiger charge is -2.62. The Bertz CT molecular complexity index is 599. The molecular formula is C19H25F7O3. The molecule has 10 heteroatoms. The minimum atomic E-state index is -6.33. The molecule has 4 fully saturated rings. The summed E-state index contributed by atoms with van der Waals surface area (Å²) < 4.78 is 96.0. The molecule has 0 aromatic heterocycles. The first-order valence-electron chi connectivity index (χ1n) is 9.85. The van der Waals surface area contributed by atoms with Gasteiger partial charge in [0.1, 0.15) is 5.60 Å². The number of carbonyl (C=O) groups is 1. The minimum Gasteiger partial charge on any atom is -0.456 e. The van der Waals surface area contributed by atoms with Crippen LogP contribution in [-0.4, -0.2) is 40.8 Å². The molecule has 4 saturated carbocycles. The smallest absolute Gasteiger partial charge is 0.431 e. The van der Waals surface area contributed by atoms with Gasteiger partial charge in [0, 0.05) is 6.42 Å². The number of carbonyl (C=O) groups excluding carboxylic acids is 1. The van der Waals surface area contributed by atoms with Crippen LogP contribution in [-0.2, 0) is 9.53 Å². The molecule has 1 N–H and O–H groups in total. The summed E-state index contributed by atoms with van der Waals surface area (Å²) >= 11 is 0. The van der Waals surface area contributed by atoms with Gasteiger partial charge in [0.2, 0.25) is 0 Å². The normalized spacial score (nSPS) is 35.8. The van der Waals surface area contributed by atoms with Crippen molar-refractivity contribution in [3.05, 3.63) is 0 Å². The first-order chi connectivity index (χ1) is 13.1. The van der Waals surface area contributed by atoms with Gasteiger partial charge in [-0.2, -0.15) is 26.3 Å². The first kappa shape index (κ1) is 22.6. The summed E-state index contributed by atoms with van der Waals surface area (Å²) in [4.78, 5) is 12.4. The lowest BCUT2D eigenvalue weighted by Crippen LogP contribution is -2.63. The quantitative estimate of drug-likeness (QED) is 0.491. The lowest BCUT2D eigenvalue weighted by molar-refractivity contribution is -0.347. The van der Waals surface area contributed by atoms with E-state index in [0.29, 0.717) is 11.8 Å². The SMILES string of the molecule is CC(C)C1(OC(=O)C(O)CC(F)(C(F)(F)F)C(F)(F)F)C2CC3CC(C2)CC1C3. The molecule has 4 rings (SSSR count). The summed E-state index contributed by atoms with van der Waals surface area (Å²) in [5, 5.41) is 9.82. The van der Waals surface area contributed by atoms with E-state index in [-0.39, 0.29) is 17.8 Å². The average Bonchev–Trinajstić information content (AvgIpc) is 2.54. The van der Waals surface area contributed by atoms with Crippen molar-refractivity contribution in [1.82, 2.24) is 0 Å². The van der Waals surface area contributed by atoms with Crippen molar-refractivity contribution in [2.45, 2.75) is 82.1 Å². The van der Waals surface area contributed by atoms with E-state index in [1.165, 1.54) is 0 Å². The monoisotopic (exact) mass is 434 g/mol. The molecule has 29 heavy (non-hydrogen) atoms. The third kappa shape index (κ3) is 3.53. The summed E-state index contributed by atoms with van der Waals surface area (Å²) in [7, 11) is 0. The Morgan fingerprint density at radius 3 is 1.69 bits per heavy atom. The summed E-state index contributed by atoms with van der Waals surface area (Å²) in [5.41, 5.74) is -6.76. The summed E-state index contributed by atoms with van der Waals surface area (Å²) in [6.07, 6.45) is -13.8. The van der Waals surface area contributed by atoms with Crippen LogP contribution in [0.25, 0.3) is 0 Å². The van der Waals surface area contributed by atoms with Crippen molar-refractivity contribution in [2.75, 3.05) is 0 Å². The van der Waals surface area contributed by atoms with E-state index in [1.807, 2.05) is 0 Å². The third-order valence-corrected chi connectivity index (χ3v) is 7.24. The maximum atomic E-state index is 13.9. The minimum absolute atomic E-state index is 0.0599. The predicted molar refractivity (Wildman–Crippen MR) is 87.3 cm³/mol. The molecule has 0 saturated heterocycles. The lowest BCUT2D eigenvalue weighted by atomic mass is 9.47. The second-order valence-corrected chi connectivity index (χ2v) is 9.25. The van der Waals surface area contributed by atoms with Crippen LogP contribution in [0, 0.1) is 29.6 Å². The Kier molecular flexibility index (Phi) is 5.45. The maximum Gasteiger partial charge on any atom is 0.431 e. The van der Waals surface area contributed by atoms with Crippen molar-refractivity contribution in [3.63, 3.8) is 0 Å². The Morgan fingerprint density at radius 1 is 0.931 bits per heavy atom. The molecule has 0 aromatic rings. The maximum absolute atomic E-state index is 13.9. The summed E-state index contributed by atoms with van der Waals surface area (Å²) in [5.74, 6) is -1.04. The standard InChI is InChI=1S/C19H25F7O3/c1-9(2)17(12-4-10-3-11(6-12)7-13(17)5-10)29-15(28)14(27)8-16(20,18(21,22)23)19(24,25)26/h9-14,27H,3-8H2,1-2H3. The Hall–Kier alpha value is -1.06. The van der Waals surface area contributed by atoms with Crippen molar-refractivity contribution in [1.29, 1.82) is 0 Å². The Morgan fingerprint density at radius 2 is 1.34 bits per heavy atom. The molecule has 4 aliphatic carbocycles. The number of halogens is 7. The zero-order valence-electron chi connectivity index (χ0n) is 16.1. The molecule has 0 heterocycles. The molecule has 1 unspecified atom stereocenters. The van der Waals surface area contributed by atoms with E-state index < -0.39 is 42.1 Å². The van der Waals surface area contributed by atoms with E-state index in [2.05, 4.69) is 0 Å². The van der Waals surface area contributed by atoms with Crippen LogP contribution >= 0.6 is 0 Å². The van der Waals surface area contributed by atoms with Gasteiger partial charge in [-0.3, -0.25) is 0 Å². The largest absolute Gasteiger partial charge is 0.456 e. The van der Waals surface area contributed by atoms with Crippen LogP contribution in [0.1, 0.15) is 52.4 Å². The van der Waals surface area contributed by atoms with E-state index in [1.54, 1.807) is 13.8 Å². The van der Waals surface area contributed by atoms with Gasteiger partial charge in [-0.1, -0.05) is 13.8 Å². The first-order valence-corrected chi connectivity index (χ1v) is 9.85. The predicted octanol–water partition coefficient (Wildman–Crippen LogP) is 4.96. The van der Waals surface area contributed by atoms with E-state index in [9.17, 15) is 40.6 Å². The van der Waals surface area contributed by atoms with Crippen LogP contribution in [0.4, 0.5) is 30.7 Å². The van der Waals surface area contributed by atoms with Crippen molar-refractivity contribution in [3.8, 4) is 0 Å². The number of hydrogen-bond acceptors (Lipinski definition) is 3. The highest BCUT2D eigenvalue weighted by molar-refractivity contribution is 5.75. The average molecular weight is 434 g/mol. The van der Waals surface area contributed by atoms with Crippen molar-refractivity contribution in [2.24, 2.45) is 29.6 Å².